The van der Waals surface area contributed by atoms with Crippen LogP contribution in [0, 0.1) is 0 Å². The zero-order valence-corrected chi connectivity index (χ0v) is 79.1. The molecule has 0 saturated heterocycles. The first-order chi connectivity index (χ1) is 73.7. The van der Waals surface area contributed by atoms with E-state index in [9.17, 15) is 24.0 Å². The molecular formula is C112H86N4O34. The summed E-state index contributed by atoms with van der Waals surface area (Å²) < 4.78 is 156. The number of amides is 4. The third-order valence-corrected chi connectivity index (χ3v) is 23.5. The number of hydrogen-bond donors (Lipinski definition) is 4. The Morgan fingerprint density at radius 2 is 0.533 bits per heavy atom. The minimum atomic E-state index is -0.278. The number of fused-ring (bicyclic) bond motifs is 12. The summed E-state index contributed by atoms with van der Waals surface area (Å²) in [5.41, 5.74) is 6.19. The molecule has 150 heavy (non-hydrogen) atoms. The van der Waals surface area contributed by atoms with Crippen LogP contribution in [0.4, 0.5) is 11.4 Å². The molecule has 0 fully saturated rings. The fourth-order valence-electron chi connectivity index (χ4n) is 16.0. The van der Waals surface area contributed by atoms with E-state index in [2.05, 4.69) is 21.3 Å². The Bertz CT molecular complexity index is 7540. The van der Waals surface area contributed by atoms with Crippen molar-refractivity contribution < 1.29 is 161 Å². The molecule has 38 heteroatoms. The van der Waals surface area contributed by atoms with Crippen molar-refractivity contribution in [2.45, 2.75) is 19.4 Å². The van der Waals surface area contributed by atoms with Crippen LogP contribution in [0.15, 0.2) is 291 Å². The average Bonchev–Trinajstić information content (AvgIpc) is 1.47. The van der Waals surface area contributed by atoms with Crippen molar-refractivity contribution >= 4 is 40.8 Å². The van der Waals surface area contributed by atoms with Crippen molar-refractivity contribution in [3.8, 4) is 190 Å². The second-order valence-corrected chi connectivity index (χ2v) is 33.4. The van der Waals surface area contributed by atoms with Crippen LogP contribution in [-0.4, -0.2) is 124 Å². The van der Waals surface area contributed by atoms with E-state index in [0.717, 1.165) is 45.4 Å². The molecule has 0 saturated carbocycles. The van der Waals surface area contributed by atoms with E-state index in [1.165, 1.54) is 0 Å². The monoisotopic (exact) mass is 2030 g/mol. The van der Waals surface area contributed by atoms with E-state index in [0.29, 0.717) is 221 Å². The first-order valence-corrected chi connectivity index (χ1v) is 46.8. The van der Waals surface area contributed by atoms with Crippen LogP contribution in [-0.2, 0) is 24.2 Å². The molecular weight excluding hydrogens is 1950 g/mol. The van der Waals surface area contributed by atoms with Crippen molar-refractivity contribution in [3.05, 3.63) is 330 Å². The normalized spacial score (nSPS) is 13.6. The van der Waals surface area contributed by atoms with Crippen LogP contribution in [0.3, 0.4) is 0 Å². The van der Waals surface area contributed by atoms with Crippen molar-refractivity contribution in [2.75, 3.05) is 105 Å². The Balaban J connectivity index is 0.000000102. The van der Waals surface area contributed by atoms with Crippen molar-refractivity contribution in [2.24, 2.45) is 0 Å². The number of para-hydroxylation sites is 2. The lowest BCUT2D eigenvalue weighted by Crippen LogP contribution is -2.30. The number of anilines is 2. The molecule has 38 nitrogen and oxygen atoms in total. The molecule has 15 aromatic carbocycles. The number of nitrogens with one attached hydrogen (secondary N) is 4. The molecule has 0 unspecified atom stereocenters. The molecule has 0 bridgehead atoms. The van der Waals surface area contributed by atoms with Gasteiger partial charge in [0, 0.05) is 89.9 Å². The van der Waals surface area contributed by atoms with Gasteiger partial charge in [-0.2, -0.15) is 0 Å². The first kappa shape index (κ1) is 94.9. The molecule has 4 amide bonds. The number of ketones is 1. The fourth-order valence-corrected chi connectivity index (χ4v) is 16.0. The Labute approximate surface area is 853 Å². The number of rotatable bonds is 24. The zero-order chi connectivity index (χ0) is 101. The smallest absolute Gasteiger partial charge is 0.257 e. The summed E-state index contributed by atoms with van der Waals surface area (Å²) in [4.78, 5) is 61.5. The number of hydrogen-bond acceptors (Lipinski definition) is 34. The van der Waals surface area contributed by atoms with Crippen LogP contribution in [0.1, 0.15) is 58.1 Å². The highest BCUT2D eigenvalue weighted by Gasteiger charge is 2.28. The van der Waals surface area contributed by atoms with E-state index in [1.807, 2.05) is 133 Å². The minimum absolute atomic E-state index is 0.0164. The number of Topliss-reactive ketones (excluding diaryl/α,β-unsaturated/α-hetero) is 1. The lowest BCUT2D eigenvalue weighted by molar-refractivity contribution is -0.123. The van der Waals surface area contributed by atoms with Gasteiger partial charge in [-0.3, -0.25) is 24.0 Å². The van der Waals surface area contributed by atoms with Gasteiger partial charge >= 0.3 is 0 Å². The quantitative estimate of drug-likeness (QED) is 0.0408. The van der Waals surface area contributed by atoms with E-state index in [1.54, 1.807) is 158 Å². The SMILES string of the molecule is O=C(COc1ccc2c(c1)OCO2)NCCc1ccc2c(c1)OCO2.O=C(Cc1ccc(Oc2ccc3c(c2)OCO3)cc1)c1ccc2c(c1)OCO2.O=C(NCc1ccc2c(c1)OCO2)c1ccc2c(c1)OCO2.O=C(Nc1ccc2c(c1)OCO2)c1ccc2c(c1)OCO2.O=C(Nc1ccccc1Oc1ccc2c(c1)OCO2)c1ccc2c(c1)OCO2.c1cc(Oc2ccc3c(c2)OCO3)cc(Oc2ccc3c(c2)OCO3)c1. The summed E-state index contributed by atoms with van der Waals surface area (Å²) in [7, 11) is 0. The van der Waals surface area contributed by atoms with Crippen molar-refractivity contribution in [1.29, 1.82) is 0 Å². The molecule has 0 aliphatic carbocycles. The largest absolute Gasteiger partial charge is 0.484 e. The Morgan fingerprint density at radius 3 is 0.980 bits per heavy atom. The van der Waals surface area contributed by atoms with Gasteiger partial charge in [-0.05, 0) is 229 Å². The number of benzene rings is 15. The summed E-state index contributed by atoms with van der Waals surface area (Å²) in [5.74, 6) is 20.7. The lowest BCUT2D eigenvalue weighted by Gasteiger charge is -2.13. The highest BCUT2D eigenvalue weighted by Crippen LogP contribution is 2.47. The van der Waals surface area contributed by atoms with Crippen molar-refractivity contribution in [1.82, 2.24) is 10.6 Å². The van der Waals surface area contributed by atoms with Crippen LogP contribution in [0.25, 0.3) is 0 Å². The molecule has 12 heterocycles. The minimum Gasteiger partial charge on any atom is -0.484 e. The van der Waals surface area contributed by atoms with Crippen LogP contribution >= 0.6 is 0 Å². The molecule has 758 valence electrons. The topological polar surface area (TPSA) is 401 Å². The van der Waals surface area contributed by atoms with Gasteiger partial charge in [-0.1, -0.05) is 42.5 Å². The van der Waals surface area contributed by atoms with Gasteiger partial charge in [-0.25, -0.2) is 0 Å². The average molecular weight is 2030 g/mol. The van der Waals surface area contributed by atoms with Crippen molar-refractivity contribution in [3.63, 3.8) is 0 Å². The maximum atomic E-state index is 12.7. The zero-order valence-electron chi connectivity index (χ0n) is 79.1. The highest BCUT2D eigenvalue weighted by molar-refractivity contribution is 6.06. The van der Waals surface area contributed by atoms with Gasteiger partial charge in [0.15, 0.2) is 156 Å². The molecule has 12 aliphatic heterocycles. The molecule has 27 rings (SSSR count). The molecule has 12 aliphatic rings. The van der Waals surface area contributed by atoms with Gasteiger partial charge in [0.2, 0.25) is 81.5 Å². The number of carbonyl (C=O) groups is 5. The summed E-state index contributed by atoms with van der Waals surface area (Å²) >= 11 is 0. The predicted molar refractivity (Wildman–Crippen MR) is 528 cm³/mol. The Kier molecular flexibility index (Phi) is 27.9. The van der Waals surface area contributed by atoms with E-state index < -0.39 is 0 Å². The molecule has 0 radical (unpaired) electrons. The van der Waals surface area contributed by atoms with Crippen LogP contribution < -0.4 is 159 Å². The maximum absolute atomic E-state index is 12.7. The summed E-state index contributed by atoms with van der Waals surface area (Å²) in [5, 5.41) is 11.4. The molecule has 0 atom stereocenters. The predicted octanol–water partition coefficient (Wildman–Crippen LogP) is 19.6. The summed E-state index contributed by atoms with van der Waals surface area (Å²) in [6.45, 7) is 3.39. The number of ether oxygens (including phenoxy) is 29. The summed E-state index contributed by atoms with van der Waals surface area (Å²) in [6.07, 6.45) is 0.996. The van der Waals surface area contributed by atoms with Crippen LogP contribution in [0.5, 0.6) is 190 Å². The van der Waals surface area contributed by atoms with Gasteiger partial charge in [-0.15, -0.1) is 0 Å². The fraction of sp³-hybridized carbons (Fsp3) is 0.152. The van der Waals surface area contributed by atoms with E-state index >= 15 is 0 Å². The highest BCUT2D eigenvalue weighted by atomic mass is 16.7. The molecule has 15 aromatic rings. The van der Waals surface area contributed by atoms with E-state index in [4.69, 9.17) is 137 Å². The lowest BCUT2D eigenvalue weighted by atomic mass is 10.0. The van der Waals surface area contributed by atoms with E-state index in [-0.39, 0.29) is 118 Å². The van der Waals surface area contributed by atoms with Gasteiger partial charge in [0.05, 0.1) is 5.69 Å². The van der Waals surface area contributed by atoms with Gasteiger partial charge < -0.3 is 159 Å². The standard InChI is InChI=1S/C22H16O6.C21H15NO6.C20H14O6.C18H17NO6.C16H13NO5.C15H11NO5/c23-18(15-3-7-19-21(10-15)26-12-24-19)9-14-1-4-16(5-2-14)28-17-6-8-20-22(11-17)27-13-25-20;23-21(13-5-7-17-19(9-13)26-11-24-17)22-15-3-1-2-4-16(15)28-14-6-8-18-20(10-14)27-12-25-18;1-2-13(25-15-4-6-17-19(9-15)23-11-21-17)8-14(3-1)26-16-5-7-18-20(10-16)24-12-22-18;20-18(9-21-13-2-4-15-17(8-13)25-11-23-15)19-6-5-12-1-3-14-16(7-12)24-10-22-14;18-16(11-2-4-13-15(6-11)22-9-20-13)17-7-10-1-3-12-14(5-10)21-8-19-12;17-15(9-1-3-11-13(5-9)20-7-18-11)16-10-2-4-12-14(6-10)21-8-19-12/h1-8,10-11H,9,12-13H2;1-10H,11-12H2,(H,22,23);1-10H,11-12H2;1-4,7-8H,5-6,9-11H2,(H,19,20);1-6H,7-9H2,(H,17,18);1-6H,7-8H2,(H,16,17). The third kappa shape index (κ3) is 23.1. The third-order valence-electron chi connectivity index (χ3n) is 23.5. The Hall–Kier alpha value is -19.9. The van der Waals surface area contributed by atoms with Gasteiger partial charge in [0.1, 0.15) is 46.0 Å². The molecule has 4 N–H and O–H groups in total. The molecule has 0 aromatic heterocycles. The Morgan fingerprint density at radius 1 is 0.227 bits per heavy atom. The second-order valence-electron chi connectivity index (χ2n) is 33.4. The van der Waals surface area contributed by atoms with Crippen LogP contribution in [0.2, 0.25) is 0 Å². The van der Waals surface area contributed by atoms with Gasteiger partial charge in [0.25, 0.3) is 23.6 Å². The second kappa shape index (κ2) is 44.1. The summed E-state index contributed by atoms with van der Waals surface area (Å²) in [6, 6.07) is 86.0. The first-order valence-electron chi connectivity index (χ1n) is 46.8. The number of carbonyl (C=O) groups excluding carboxylic acids is 5. The maximum Gasteiger partial charge on any atom is 0.257 e. The molecule has 0 spiro atoms.